The smallest absolute Gasteiger partial charge is 0.437 e. The molecular formula is C20H18ClFN2O4. The van der Waals surface area contributed by atoms with Crippen molar-refractivity contribution in [2.45, 2.75) is 19.6 Å². The number of aliphatic imine (C=N–C) groups is 1. The first-order valence-electron chi connectivity index (χ1n) is 8.94. The predicted molar refractivity (Wildman–Crippen MR) is 103 cm³/mol. The molecule has 2 aliphatic rings. The van der Waals surface area contributed by atoms with Gasteiger partial charge in [-0.3, -0.25) is 0 Å². The molecule has 1 atom stereocenters. The lowest BCUT2D eigenvalue weighted by molar-refractivity contribution is 0.138. The van der Waals surface area contributed by atoms with Crippen molar-refractivity contribution in [3.05, 3.63) is 58.4 Å². The average molecular weight is 405 g/mol. The van der Waals surface area contributed by atoms with E-state index >= 15 is 4.39 Å². The van der Waals surface area contributed by atoms with Crippen molar-refractivity contribution in [3.63, 3.8) is 0 Å². The number of fused-ring (bicyclic) bond motifs is 1. The fraction of sp³-hybridized carbons (Fsp3) is 0.300. The summed E-state index contributed by atoms with van der Waals surface area (Å²) in [5.41, 5.74) is 1.64. The number of nitrogens with zero attached hydrogens (tertiary/aromatic N) is 2. The Balaban J connectivity index is 1.81. The molecule has 28 heavy (non-hydrogen) atoms. The molecule has 0 saturated heterocycles. The Morgan fingerprint density at radius 3 is 2.89 bits per heavy atom. The van der Waals surface area contributed by atoms with Gasteiger partial charge < -0.3 is 19.1 Å². The molecule has 2 aromatic carbocycles. The van der Waals surface area contributed by atoms with Crippen molar-refractivity contribution in [2.75, 3.05) is 24.7 Å². The van der Waals surface area contributed by atoms with Crippen LogP contribution in [0.4, 0.5) is 14.9 Å². The van der Waals surface area contributed by atoms with Crippen LogP contribution in [0.5, 0.6) is 5.75 Å². The lowest BCUT2D eigenvalue weighted by Crippen LogP contribution is -2.34. The first-order valence-corrected chi connectivity index (χ1v) is 9.31. The van der Waals surface area contributed by atoms with Crippen molar-refractivity contribution in [3.8, 4) is 5.75 Å². The van der Waals surface area contributed by atoms with Gasteiger partial charge in [0, 0.05) is 12.6 Å². The molecule has 0 radical (unpaired) electrons. The molecule has 2 aliphatic heterocycles. The fourth-order valence-corrected chi connectivity index (χ4v) is 3.59. The zero-order valence-corrected chi connectivity index (χ0v) is 15.9. The first kappa shape index (κ1) is 18.6. The summed E-state index contributed by atoms with van der Waals surface area (Å²) in [7, 11) is 0. The lowest BCUT2D eigenvalue weighted by Gasteiger charge is -2.34. The Hall–Kier alpha value is -2.80. The van der Waals surface area contributed by atoms with E-state index in [1.807, 2.05) is 35.2 Å². The van der Waals surface area contributed by atoms with Crippen LogP contribution in [0.2, 0.25) is 5.02 Å². The number of anilines is 1. The molecule has 0 N–H and O–H groups in total. The van der Waals surface area contributed by atoms with Gasteiger partial charge in [0.15, 0.2) is 5.82 Å². The van der Waals surface area contributed by atoms with Crippen LogP contribution in [-0.2, 0) is 16.0 Å². The number of benzene rings is 2. The Labute approximate surface area is 166 Å². The van der Waals surface area contributed by atoms with E-state index in [4.69, 9.17) is 25.8 Å². The zero-order chi connectivity index (χ0) is 19.7. The van der Waals surface area contributed by atoms with Crippen LogP contribution in [0.25, 0.3) is 0 Å². The number of amides is 1. The summed E-state index contributed by atoms with van der Waals surface area (Å²) in [6.45, 7) is 3.51. The number of ether oxygens (including phenoxy) is 3. The third-order valence-electron chi connectivity index (χ3n) is 4.54. The molecule has 0 aromatic heterocycles. The number of halogens is 2. The van der Waals surface area contributed by atoms with Gasteiger partial charge in [-0.2, -0.15) is 0 Å². The molecule has 1 unspecified atom stereocenters. The molecular weight excluding hydrogens is 387 g/mol. The maximum absolute atomic E-state index is 15.2. The van der Waals surface area contributed by atoms with Crippen LogP contribution in [0.15, 0.2) is 41.4 Å². The van der Waals surface area contributed by atoms with Crippen molar-refractivity contribution < 1.29 is 23.4 Å². The number of cyclic esters (lactones) is 1. The second-order valence-electron chi connectivity index (χ2n) is 6.34. The van der Waals surface area contributed by atoms with Gasteiger partial charge in [0.25, 0.3) is 0 Å². The Morgan fingerprint density at radius 2 is 2.14 bits per heavy atom. The molecule has 0 aliphatic carbocycles. The first-order chi connectivity index (χ1) is 13.6. The van der Waals surface area contributed by atoms with E-state index < -0.39 is 18.0 Å². The van der Waals surface area contributed by atoms with Crippen LogP contribution in [0, 0.1) is 5.82 Å². The quantitative estimate of drug-likeness (QED) is 0.750. The van der Waals surface area contributed by atoms with Crippen molar-refractivity contribution in [2.24, 2.45) is 4.99 Å². The second kappa shape index (κ2) is 7.67. The molecule has 0 spiro atoms. The van der Waals surface area contributed by atoms with Gasteiger partial charge in [-0.15, -0.1) is 4.99 Å². The molecule has 146 valence electrons. The van der Waals surface area contributed by atoms with Crippen LogP contribution < -0.4 is 9.64 Å². The highest BCUT2D eigenvalue weighted by atomic mass is 35.5. The van der Waals surface area contributed by atoms with Gasteiger partial charge in [0.2, 0.25) is 12.0 Å². The SMILES string of the molecule is CCOC1=NC(=O)OC1c1c(F)c(Cl)cc2c1N(Cc1ccccc1)CCO2. The number of hydrogen-bond donors (Lipinski definition) is 0. The van der Waals surface area contributed by atoms with Gasteiger partial charge in [-0.05, 0) is 12.5 Å². The molecule has 0 saturated carbocycles. The predicted octanol–water partition coefficient (Wildman–Crippen LogP) is 4.50. The van der Waals surface area contributed by atoms with Crippen molar-refractivity contribution >= 4 is 29.3 Å². The zero-order valence-electron chi connectivity index (χ0n) is 15.2. The molecule has 2 aromatic rings. The Bertz CT molecular complexity index is 936. The van der Waals surface area contributed by atoms with Crippen molar-refractivity contribution in [1.82, 2.24) is 0 Å². The molecule has 0 bridgehead atoms. The minimum Gasteiger partial charge on any atom is -0.489 e. The number of hydrogen-bond acceptors (Lipinski definition) is 5. The molecule has 1 amide bonds. The Morgan fingerprint density at radius 1 is 1.36 bits per heavy atom. The third kappa shape index (κ3) is 3.38. The van der Waals surface area contributed by atoms with Crippen LogP contribution in [-0.4, -0.2) is 31.7 Å². The van der Waals surface area contributed by atoms with E-state index in [1.54, 1.807) is 6.92 Å². The summed E-state index contributed by atoms with van der Waals surface area (Å²) in [5, 5.41) is -0.117. The fourth-order valence-electron chi connectivity index (χ4n) is 3.39. The normalized spacial score (nSPS) is 18.2. The van der Waals surface area contributed by atoms with E-state index in [0.29, 0.717) is 31.1 Å². The van der Waals surface area contributed by atoms with E-state index in [1.165, 1.54) is 6.07 Å². The van der Waals surface area contributed by atoms with Gasteiger partial charge in [-0.25, -0.2) is 9.18 Å². The maximum Gasteiger partial charge on any atom is 0.437 e. The van der Waals surface area contributed by atoms with Crippen molar-refractivity contribution in [1.29, 1.82) is 0 Å². The summed E-state index contributed by atoms with van der Waals surface area (Å²) < 4.78 is 31.6. The summed E-state index contributed by atoms with van der Waals surface area (Å²) in [6.07, 6.45) is -1.94. The number of rotatable bonds is 4. The number of carbonyl (C=O) groups excluding carboxylic acids is 1. The molecule has 0 fully saturated rings. The van der Waals surface area contributed by atoms with E-state index in [0.717, 1.165) is 5.56 Å². The van der Waals surface area contributed by atoms with Gasteiger partial charge in [0.05, 0.1) is 29.4 Å². The summed E-state index contributed by atoms with van der Waals surface area (Å²) >= 11 is 6.10. The lowest BCUT2D eigenvalue weighted by atomic mass is 10.0. The van der Waals surface area contributed by atoms with E-state index in [-0.39, 0.29) is 23.1 Å². The van der Waals surface area contributed by atoms with Gasteiger partial charge >= 0.3 is 6.09 Å². The van der Waals surface area contributed by atoms with Crippen LogP contribution in [0.3, 0.4) is 0 Å². The highest BCUT2D eigenvalue weighted by Gasteiger charge is 2.39. The Kier molecular flexibility index (Phi) is 5.09. The standard InChI is InChI=1S/C20H18ClFN2O4/c1-2-26-19-18(28-20(25)23-19)15-16(22)13(21)10-14-17(15)24(8-9-27-14)11-12-6-4-3-5-7-12/h3-7,10,18H,2,8-9,11H2,1H3. The maximum atomic E-state index is 15.2. The molecule has 4 rings (SSSR count). The minimum atomic E-state index is -1.11. The van der Waals surface area contributed by atoms with Gasteiger partial charge in [0.1, 0.15) is 12.4 Å². The summed E-state index contributed by atoms with van der Waals surface area (Å²) in [5.74, 6) is -0.237. The minimum absolute atomic E-state index is 0.0149. The summed E-state index contributed by atoms with van der Waals surface area (Å²) in [6, 6.07) is 11.2. The monoisotopic (exact) mass is 404 g/mol. The second-order valence-corrected chi connectivity index (χ2v) is 6.74. The molecule has 6 nitrogen and oxygen atoms in total. The highest BCUT2D eigenvalue weighted by Crippen LogP contribution is 2.45. The van der Waals surface area contributed by atoms with Crippen LogP contribution in [0.1, 0.15) is 24.2 Å². The average Bonchev–Trinajstić information content (AvgIpc) is 3.04. The molecule has 8 heteroatoms. The van der Waals surface area contributed by atoms with E-state index in [9.17, 15) is 4.79 Å². The highest BCUT2D eigenvalue weighted by molar-refractivity contribution is 6.31. The van der Waals surface area contributed by atoms with E-state index in [2.05, 4.69) is 4.99 Å². The van der Waals surface area contributed by atoms with Crippen LogP contribution >= 0.6 is 11.6 Å². The third-order valence-corrected chi connectivity index (χ3v) is 4.82. The largest absolute Gasteiger partial charge is 0.489 e. The van der Waals surface area contributed by atoms with Gasteiger partial charge in [-0.1, -0.05) is 41.9 Å². The molecule has 2 heterocycles. The number of carbonyl (C=O) groups is 1. The summed E-state index contributed by atoms with van der Waals surface area (Å²) in [4.78, 5) is 17.5. The topological polar surface area (TPSA) is 60.4 Å².